The molecule has 3 atom stereocenters. The highest BCUT2D eigenvalue weighted by Crippen LogP contribution is 2.36. The second kappa shape index (κ2) is 6.13. The fourth-order valence-electron chi connectivity index (χ4n) is 4.85. The van der Waals surface area contributed by atoms with Gasteiger partial charge in [0.05, 0.1) is 0 Å². The summed E-state index contributed by atoms with van der Waals surface area (Å²) in [5, 5.41) is 0. The quantitative estimate of drug-likeness (QED) is 0.857. The molecule has 3 saturated heterocycles. The van der Waals surface area contributed by atoms with Gasteiger partial charge in [-0.25, -0.2) is 0 Å². The number of hydrogen-bond acceptors (Lipinski definition) is 3. The number of nitrogens with zero attached hydrogens (tertiary/aromatic N) is 2. The summed E-state index contributed by atoms with van der Waals surface area (Å²) < 4.78 is 0. The Morgan fingerprint density at radius 1 is 0.955 bits per heavy atom. The molecule has 2 bridgehead atoms. The van der Waals surface area contributed by atoms with E-state index in [1.165, 1.54) is 44.3 Å². The number of rotatable bonds is 3. The van der Waals surface area contributed by atoms with Crippen LogP contribution in [-0.2, 0) is 11.3 Å². The lowest BCUT2D eigenvalue weighted by Gasteiger charge is -2.48. The van der Waals surface area contributed by atoms with Gasteiger partial charge in [0.1, 0.15) is 5.78 Å². The Morgan fingerprint density at radius 3 is 2.41 bits per heavy atom. The molecule has 0 N–H and O–H groups in total. The lowest BCUT2D eigenvalue weighted by molar-refractivity contribution is -0.128. The largest absolute Gasteiger partial charge is 0.300 e. The van der Waals surface area contributed by atoms with Crippen molar-refractivity contribution in [2.45, 2.75) is 63.2 Å². The molecule has 3 nitrogen and oxygen atoms in total. The van der Waals surface area contributed by atoms with E-state index < -0.39 is 0 Å². The van der Waals surface area contributed by atoms with Crippen LogP contribution in [0.3, 0.4) is 0 Å². The van der Waals surface area contributed by atoms with Crippen molar-refractivity contribution in [3.63, 3.8) is 0 Å². The molecule has 3 heteroatoms. The van der Waals surface area contributed by atoms with Gasteiger partial charge in [-0.15, -0.1) is 0 Å². The van der Waals surface area contributed by atoms with Gasteiger partial charge in [-0.2, -0.15) is 0 Å². The summed E-state index contributed by atoms with van der Waals surface area (Å²) in [6.45, 7) is 3.44. The van der Waals surface area contributed by atoms with Gasteiger partial charge >= 0.3 is 0 Å². The Bertz CT molecular complexity index is 513. The molecule has 4 rings (SSSR count). The molecule has 3 heterocycles. The first-order valence-electron chi connectivity index (χ1n) is 8.85. The smallest absolute Gasteiger partial charge is 0.136 e. The molecule has 0 aromatic heterocycles. The number of ketones is 1. The summed E-state index contributed by atoms with van der Waals surface area (Å²) in [6.07, 6.45) is 6.68. The molecule has 0 radical (unpaired) electrons. The monoisotopic (exact) mass is 298 g/mol. The van der Waals surface area contributed by atoms with E-state index in [2.05, 4.69) is 40.1 Å². The average Bonchev–Trinajstić information content (AvgIpc) is 2.95. The molecule has 22 heavy (non-hydrogen) atoms. The maximum Gasteiger partial charge on any atom is 0.136 e. The van der Waals surface area contributed by atoms with Crippen molar-refractivity contribution < 1.29 is 4.79 Å². The zero-order chi connectivity index (χ0) is 14.9. The molecule has 1 aromatic carbocycles. The van der Waals surface area contributed by atoms with E-state index in [1.54, 1.807) is 0 Å². The molecule has 3 aliphatic rings. The zero-order valence-electron chi connectivity index (χ0n) is 13.3. The predicted molar refractivity (Wildman–Crippen MR) is 87.6 cm³/mol. The maximum absolute atomic E-state index is 11.9. The molecule has 0 amide bonds. The Labute approximate surface area is 133 Å². The Balaban J connectivity index is 1.41. The third kappa shape index (κ3) is 2.84. The normalized spacial score (nSPS) is 33.3. The van der Waals surface area contributed by atoms with E-state index in [0.29, 0.717) is 23.9 Å². The number of piperidine rings is 2. The summed E-state index contributed by atoms with van der Waals surface area (Å²) in [6, 6.07) is 12.5. The SMILES string of the molecule is O=C1CC2CCCC(C1)N2C1CCN(Cc2ccccc2)C1. The topological polar surface area (TPSA) is 23.6 Å². The second-order valence-corrected chi connectivity index (χ2v) is 7.30. The Kier molecular flexibility index (Phi) is 4.01. The van der Waals surface area contributed by atoms with Crippen molar-refractivity contribution in [3.05, 3.63) is 35.9 Å². The van der Waals surface area contributed by atoms with E-state index in [4.69, 9.17) is 0 Å². The average molecular weight is 298 g/mol. The number of fused-ring (bicyclic) bond motifs is 2. The maximum atomic E-state index is 11.9. The van der Waals surface area contributed by atoms with Crippen LogP contribution in [0.15, 0.2) is 30.3 Å². The van der Waals surface area contributed by atoms with E-state index >= 15 is 0 Å². The first kappa shape index (κ1) is 14.4. The lowest BCUT2D eigenvalue weighted by atomic mass is 9.82. The van der Waals surface area contributed by atoms with Crippen LogP contribution in [0.2, 0.25) is 0 Å². The minimum Gasteiger partial charge on any atom is -0.300 e. The van der Waals surface area contributed by atoms with E-state index in [1.807, 2.05) is 0 Å². The minimum absolute atomic E-state index is 0.505. The van der Waals surface area contributed by atoms with Crippen LogP contribution in [0.1, 0.15) is 44.1 Å². The highest BCUT2D eigenvalue weighted by molar-refractivity contribution is 5.80. The van der Waals surface area contributed by atoms with Crippen molar-refractivity contribution in [2.24, 2.45) is 0 Å². The molecule has 0 saturated carbocycles. The first-order valence-corrected chi connectivity index (χ1v) is 8.85. The van der Waals surface area contributed by atoms with Crippen LogP contribution < -0.4 is 0 Å². The van der Waals surface area contributed by atoms with Crippen molar-refractivity contribution >= 4 is 5.78 Å². The van der Waals surface area contributed by atoms with Crippen LogP contribution in [0, 0.1) is 0 Å². The molecule has 3 unspecified atom stereocenters. The molecular weight excluding hydrogens is 272 g/mol. The molecule has 118 valence electrons. The number of likely N-dealkylation sites (tertiary alicyclic amines) is 1. The standard InChI is InChI=1S/C19H26N2O/c22-19-11-16-7-4-8-17(12-19)21(16)18-9-10-20(14-18)13-15-5-2-1-3-6-15/h1-3,5-6,16-18H,4,7-14H2. The van der Waals surface area contributed by atoms with Crippen molar-refractivity contribution in [2.75, 3.05) is 13.1 Å². The van der Waals surface area contributed by atoms with E-state index in [-0.39, 0.29) is 0 Å². The fourth-order valence-corrected chi connectivity index (χ4v) is 4.85. The minimum atomic E-state index is 0.505. The van der Waals surface area contributed by atoms with Crippen molar-refractivity contribution in [3.8, 4) is 0 Å². The lowest BCUT2D eigenvalue weighted by Crippen LogP contribution is -2.57. The van der Waals surface area contributed by atoms with Gasteiger partial charge in [-0.05, 0) is 24.8 Å². The third-order valence-electron chi connectivity index (χ3n) is 5.76. The number of benzene rings is 1. The number of carbonyl (C=O) groups excluding carboxylic acids is 1. The van der Waals surface area contributed by atoms with Crippen LogP contribution in [0.25, 0.3) is 0 Å². The second-order valence-electron chi connectivity index (χ2n) is 7.30. The first-order chi connectivity index (χ1) is 10.8. The fraction of sp³-hybridized carbons (Fsp3) is 0.632. The van der Waals surface area contributed by atoms with Gasteiger partial charge in [0, 0.05) is 50.6 Å². The van der Waals surface area contributed by atoms with Crippen LogP contribution >= 0.6 is 0 Å². The predicted octanol–water partition coefficient (Wildman–Crippen LogP) is 2.85. The van der Waals surface area contributed by atoms with Crippen LogP contribution in [0.4, 0.5) is 0 Å². The van der Waals surface area contributed by atoms with Gasteiger partial charge in [0.15, 0.2) is 0 Å². The molecule has 3 fully saturated rings. The van der Waals surface area contributed by atoms with Gasteiger partial charge in [0.25, 0.3) is 0 Å². The van der Waals surface area contributed by atoms with Gasteiger partial charge in [-0.1, -0.05) is 36.8 Å². The van der Waals surface area contributed by atoms with Crippen LogP contribution in [0.5, 0.6) is 0 Å². The van der Waals surface area contributed by atoms with E-state index in [0.717, 1.165) is 19.4 Å². The molecule has 0 aliphatic carbocycles. The highest BCUT2D eigenvalue weighted by atomic mass is 16.1. The summed E-state index contributed by atoms with van der Waals surface area (Å²) in [7, 11) is 0. The van der Waals surface area contributed by atoms with Crippen LogP contribution in [-0.4, -0.2) is 46.8 Å². The van der Waals surface area contributed by atoms with Crippen molar-refractivity contribution in [1.82, 2.24) is 9.80 Å². The van der Waals surface area contributed by atoms with Gasteiger partial charge < -0.3 is 0 Å². The summed E-state index contributed by atoms with van der Waals surface area (Å²) in [5.41, 5.74) is 1.41. The summed E-state index contributed by atoms with van der Waals surface area (Å²) in [4.78, 5) is 17.2. The number of hydrogen-bond donors (Lipinski definition) is 0. The molecular formula is C19H26N2O. The number of Topliss-reactive ketones (excluding diaryl/α,β-unsaturated/α-hetero) is 1. The zero-order valence-corrected chi connectivity index (χ0v) is 13.3. The molecule has 3 aliphatic heterocycles. The highest BCUT2D eigenvalue weighted by Gasteiger charge is 2.42. The molecule has 0 spiro atoms. The third-order valence-corrected chi connectivity index (χ3v) is 5.76. The Hall–Kier alpha value is -1.19. The van der Waals surface area contributed by atoms with Gasteiger partial charge in [0.2, 0.25) is 0 Å². The summed E-state index contributed by atoms with van der Waals surface area (Å²) in [5.74, 6) is 0.505. The Morgan fingerprint density at radius 2 is 1.68 bits per heavy atom. The number of carbonyl (C=O) groups is 1. The summed E-state index contributed by atoms with van der Waals surface area (Å²) >= 11 is 0. The van der Waals surface area contributed by atoms with Crippen molar-refractivity contribution in [1.29, 1.82) is 0 Å². The van der Waals surface area contributed by atoms with E-state index in [9.17, 15) is 4.79 Å². The molecule has 1 aromatic rings. The van der Waals surface area contributed by atoms with Gasteiger partial charge in [-0.3, -0.25) is 14.6 Å².